The predicted molar refractivity (Wildman–Crippen MR) is 79.2 cm³/mol. The highest BCUT2D eigenvalue weighted by atomic mass is 16.5. The maximum Gasteiger partial charge on any atom is 0.0721 e. The molecule has 0 spiro atoms. The summed E-state index contributed by atoms with van der Waals surface area (Å²) in [4.78, 5) is 2.47. The molecule has 0 saturated carbocycles. The van der Waals surface area contributed by atoms with E-state index in [0.29, 0.717) is 6.04 Å². The average molecular weight is 262 g/mol. The molecule has 2 rings (SSSR count). The van der Waals surface area contributed by atoms with Gasteiger partial charge in [0.05, 0.1) is 19.3 Å². The van der Waals surface area contributed by atoms with E-state index in [0.717, 1.165) is 32.8 Å². The first-order valence-corrected chi connectivity index (χ1v) is 7.46. The molecule has 106 valence electrons. The summed E-state index contributed by atoms with van der Waals surface area (Å²) in [7, 11) is 0. The van der Waals surface area contributed by atoms with E-state index in [1.807, 2.05) is 0 Å². The third-order valence-corrected chi connectivity index (χ3v) is 3.91. The summed E-state index contributed by atoms with van der Waals surface area (Å²) in [6.07, 6.45) is 1.19. The van der Waals surface area contributed by atoms with Crippen LogP contribution in [-0.4, -0.2) is 37.7 Å². The highest BCUT2D eigenvalue weighted by molar-refractivity contribution is 5.30. The molecular formula is C16H26N2O. The molecule has 1 aliphatic rings. The van der Waals surface area contributed by atoms with Crippen LogP contribution in [0.4, 0.5) is 0 Å². The van der Waals surface area contributed by atoms with Gasteiger partial charge in [0, 0.05) is 0 Å². The van der Waals surface area contributed by atoms with E-state index in [9.17, 15) is 0 Å². The minimum Gasteiger partial charge on any atom is -0.375 e. The largest absolute Gasteiger partial charge is 0.375 e. The summed E-state index contributed by atoms with van der Waals surface area (Å²) in [5, 5.41) is 3.63. The fourth-order valence-electron chi connectivity index (χ4n) is 2.67. The Bertz CT molecular complexity index is 377. The van der Waals surface area contributed by atoms with Crippen LogP contribution in [0.1, 0.15) is 37.4 Å². The molecule has 19 heavy (non-hydrogen) atoms. The van der Waals surface area contributed by atoms with Crippen molar-refractivity contribution >= 4 is 0 Å². The van der Waals surface area contributed by atoms with Crippen LogP contribution in [0.3, 0.4) is 0 Å². The molecule has 0 aromatic heterocycles. The second-order valence-corrected chi connectivity index (χ2v) is 5.10. The van der Waals surface area contributed by atoms with Gasteiger partial charge in [-0.25, -0.2) is 0 Å². The van der Waals surface area contributed by atoms with Crippen molar-refractivity contribution in [2.45, 2.75) is 32.9 Å². The Balaban J connectivity index is 1.78. The molecule has 1 aromatic carbocycles. The molecule has 0 radical (unpaired) electrons. The Morgan fingerprint density at radius 2 is 2.05 bits per heavy atom. The van der Waals surface area contributed by atoms with Crippen LogP contribution in [0.2, 0.25) is 0 Å². The molecule has 1 unspecified atom stereocenters. The van der Waals surface area contributed by atoms with E-state index in [1.54, 1.807) is 0 Å². The fourth-order valence-corrected chi connectivity index (χ4v) is 2.67. The van der Waals surface area contributed by atoms with Crippen LogP contribution >= 0.6 is 0 Å². The summed E-state index contributed by atoms with van der Waals surface area (Å²) < 4.78 is 5.66. The van der Waals surface area contributed by atoms with Crippen LogP contribution in [0.5, 0.6) is 0 Å². The van der Waals surface area contributed by atoms with Crippen molar-refractivity contribution in [3.63, 3.8) is 0 Å². The lowest BCUT2D eigenvalue weighted by Gasteiger charge is -2.27. The van der Waals surface area contributed by atoms with Crippen LogP contribution in [-0.2, 0) is 11.3 Å². The Labute approximate surface area is 116 Å². The first-order valence-electron chi connectivity index (χ1n) is 7.46. The van der Waals surface area contributed by atoms with Crippen LogP contribution in [0.25, 0.3) is 0 Å². The van der Waals surface area contributed by atoms with E-state index in [4.69, 9.17) is 4.74 Å². The molecular weight excluding hydrogens is 236 g/mol. The van der Waals surface area contributed by atoms with Gasteiger partial charge in [0.15, 0.2) is 0 Å². The van der Waals surface area contributed by atoms with Gasteiger partial charge >= 0.3 is 0 Å². The maximum absolute atomic E-state index is 5.66. The average Bonchev–Trinajstić information content (AvgIpc) is 2.47. The topological polar surface area (TPSA) is 24.5 Å². The minimum absolute atomic E-state index is 0.363. The fraction of sp³-hybridized carbons (Fsp3) is 0.625. The molecule has 1 aromatic rings. The van der Waals surface area contributed by atoms with Crippen LogP contribution < -0.4 is 5.32 Å². The first-order chi connectivity index (χ1) is 9.35. The highest BCUT2D eigenvalue weighted by Crippen LogP contribution is 2.24. The van der Waals surface area contributed by atoms with Gasteiger partial charge in [0.25, 0.3) is 0 Å². The zero-order chi connectivity index (χ0) is 13.5. The predicted octanol–water partition coefficient (Wildman–Crippen LogP) is 2.58. The molecule has 1 atom stereocenters. The van der Waals surface area contributed by atoms with Crippen molar-refractivity contribution in [2.24, 2.45) is 0 Å². The monoisotopic (exact) mass is 262 g/mol. The van der Waals surface area contributed by atoms with Gasteiger partial charge in [-0.2, -0.15) is 0 Å². The number of nitrogens with one attached hydrogen (secondary N) is 1. The van der Waals surface area contributed by atoms with Crippen molar-refractivity contribution in [3.05, 3.63) is 35.4 Å². The number of benzene rings is 1. The number of ether oxygens (including phenoxy) is 1. The van der Waals surface area contributed by atoms with Crippen LogP contribution in [0, 0.1) is 0 Å². The second kappa shape index (κ2) is 7.63. The summed E-state index contributed by atoms with van der Waals surface area (Å²) in [5.74, 6) is 0. The number of fused-ring (bicyclic) bond motifs is 1. The molecule has 0 saturated heterocycles. The summed E-state index contributed by atoms with van der Waals surface area (Å²) in [5.41, 5.74) is 2.74. The number of hydrogen-bond donors (Lipinski definition) is 1. The summed E-state index contributed by atoms with van der Waals surface area (Å²) >= 11 is 0. The Morgan fingerprint density at radius 1 is 1.26 bits per heavy atom. The van der Waals surface area contributed by atoms with Crippen molar-refractivity contribution in [1.82, 2.24) is 10.2 Å². The SMILES string of the molecule is CCN(CC)CCCNC1COCc2ccccc21. The Hall–Kier alpha value is -0.900. The highest BCUT2D eigenvalue weighted by Gasteiger charge is 2.19. The van der Waals surface area contributed by atoms with E-state index in [-0.39, 0.29) is 0 Å². The molecule has 1 N–H and O–H groups in total. The van der Waals surface area contributed by atoms with E-state index in [2.05, 4.69) is 48.3 Å². The standard InChI is InChI=1S/C16H26N2O/c1-3-18(4-2)11-7-10-17-16-13-19-12-14-8-5-6-9-15(14)16/h5-6,8-9,16-17H,3-4,7,10-13H2,1-2H3. The molecule has 0 fully saturated rings. The lowest BCUT2D eigenvalue weighted by atomic mass is 9.99. The van der Waals surface area contributed by atoms with Crippen molar-refractivity contribution in [1.29, 1.82) is 0 Å². The quantitative estimate of drug-likeness (QED) is 0.764. The zero-order valence-electron chi connectivity index (χ0n) is 12.2. The lowest BCUT2D eigenvalue weighted by molar-refractivity contribution is 0.0819. The van der Waals surface area contributed by atoms with Crippen molar-refractivity contribution in [3.8, 4) is 0 Å². The van der Waals surface area contributed by atoms with Gasteiger partial charge in [-0.15, -0.1) is 0 Å². The maximum atomic E-state index is 5.66. The van der Waals surface area contributed by atoms with Gasteiger partial charge in [-0.05, 0) is 43.7 Å². The summed E-state index contributed by atoms with van der Waals surface area (Å²) in [6.45, 7) is 10.5. The molecule has 0 aliphatic carbocycles. The molecule has 0 amide bonds. The number of nitrogens with zero attached hydrogens (tertiary/aromatic N) is 1. The first kappa shape index (κ1) is 14.5. The van der Waals surface area contributed by atoms with Crippen molar-refractivity contribution in [2.75, 3.05) is 32.8 Å². The van der Waals surface area contributed by atoms with E-state index in [1.165, 1.54) is 24.1 Å². The molecule has 3 nitrogen and oxygen atoms in total. The van der Waals surface area contributed by atoms with Crippen LogP contribution in [0.15, 0.2) is 24.3 Å². The number of rotatable bonds is 7. The van der Waals surface area contributed by atoms with Gasteiger partial charge in [0.2, 0.25) is 0 Å². The van der Waals surface area contributed by atoms with Crippen molar-refractivity contribution < 1.29 is 4.74 Å². The van der Waals surface area contributed by atoms with E-state index < -0.39 is 0 Å². The third-order valence-electron chi connectivity index (χ3n) is 3.91. The van der Waals surface area contributed by atoms with Gasteiger partial charge in [-0.3, -0.25) is 0 Å². The lowest BCUT2D eigenvalue weighted by Crippen LogP contribution is -2.32. The van der Waals surface area contributed by atoms with Gasteiger partial charge in [0.1, 0.15) is 0 Å². The number of hydrogen-bond acceptors (Lipinski definition) is 3. The second-order valence-electron chi connectivity index (χ2n) is 5.10. The normalized spacial score (nSPS) is 18.6. The Morgan fingerprint density at radius 3 is 2.84 bits per heavy atom. The summed E-state index contributed by atoms with van der Waals surface area (Å²) in [6, 6.07) is 8.96. The Kier molecular flexibility index (Phi) is 5.83. The van der Waals surface area contributed by atoms with Gasteiger partial charge < -0.3 is 15.0 Å². The third kappa shape index (κ3) is 4.03. The molecule has 0 bridgehead atoms. The molecule has 1 aliphatic heterocycles. The van der Waals surface area contributed by atoms with Gasteiger partial charge in [-0.1, -0.05) is 38.1 Å². The molecule has 3 heteroatoms. The molecule has 1 heterocycles. The zero-order valence-corrected chi connectivity index (χ0v) is 12.2. The minimum atomic E-state index is 0.363. The smallest absolute Gasteiger partial charge is 0.0721 e. The van der Waals surface area contributed by atoms with E-state index >= 15 is 0 Å².